The van der Waals surface area contributed by atoms with E-state index in [2.05, 4.69) is 20.6 Å². The highest BCUT2D eigenvalue weighted by molar-refractivity contribution is 7.89. The zero-order valence-electron chi connectivity index (χ0n) is 11.5. The molecule has 2 aromatic rings. The van der Waals surface area contributed by atoms with Crippen LogP contribution in [0.3, 0.4) is 0 Å². The Kier molecular flexibility index (Phi) is 3.73. The van der Waals surface area contributed by atoms with Crippen LogP contribution in [0.15, 0.2) is 23.1 Å². The number of aromatic amines is 1. The third-order valence-corrected chi connectivity index (χ3v) is 4.93. The largest absolute Gasteiger partial charge is 0.238 e. The number of rotatable bonds is 3. The van der Waals surface area contributed by atoms with E-state index < -0.39 is 10.0 Å². The first-order valence-electron chi connectivity index (χ1n) is 6.97. The number of nitrogens with two attached hydrogens (primary N) is 1. The second-order valence-corrected chi connectivity index (χ2v) is 6.87. The second-order valence-electron chi connectivity index (χ2n) is 5.34. The number of hydrogen-bond acceptors (Lipinski definition) is 5. The van der Waals surface area contributed by atoms with Crippen LogP contribution >= 0.6 is 0 Å². The third-order valence-electron chi connectivity index (χ3n) is 3.98. The zero-order chi connectivity index (χ0) is 14.9. The van der Waals surface area contributed by atoms with Crippen LogP contribution in [0.5, 0.6) is 0 Å². The Bertz CT molecular complexity index is 721. The van der Waals surface area contributed by atoms with Gasteiger partial charge in [0.25, 0.3) is 0 Å². The smallest absolute Gasteiger partial charge is 0.225 e. The van der Waals surface area contributed by atoms with Crippen LogP contribution in [0.2, 0.25) is 0 Å². The highest BCUT2D eigenvalue weighted by Gasteiger charge is 2.26. The lowest BCUT2D eigenvalue weighted by Gasteiger charge is -2.24. The van der Waals surface area contributed by atoms with E-state index in [-0.39, 0.29) is 10.7 Å². The molecular formula is C13H17N5O2S. The van der Waals surface area contributed by atoms with Crippen molar-refractivity contribution in [2.45, 2.75) is 42.9 Å². The predicted octanol–water partition coefficient (Wildman–Crippen LogP) is 1.56. The average molecular weight is 307 g/mol. The van der Waals surface area contributed by atoms with Crippen LogP contribution < -0.4 is 5.14 Å². The molecule has 7 nitrogen and oxygen atoms in total. The Morgan fingerprint density at radius 3 is 2.57 bits per heavy atom. The summed E-state index contributed by atoms with van der Waals surface area (Å²) in [6.07, 6.45) is 5.60. The van der Waals surface area contributed by atoms with E-state index in [4.69, 9.17) is 5.14 Å². The predicted molar refractivity (Wildman–Crippen MR) is 76.8 cm³/mol. The Morgan fingerprint density at radius 1 is 1.19 bits per heavy atom. The Balaban J connectivity index is 2.20. The Hall–Kier alpha value is -1.80. The number of benzene rings is 1. The van der Waals surface area contributed by atoms with Crippen LogP contribution in [0, 0.1) is 0 Å². The number of nitrogens with one attached hydrogen (secondary N) is 1. The molecule has 3 N–H and O–H groups in total. The molecule has 1 heterocycles. The van der Waals surface area contributed by atoms with E-state index in [0.717, 1.165) is 31.2 Å². The summed E-state index contributed by atoms with van der Waals surface area (Å²) >= 11 is 0. The molecule has 1 aromatic heterocycles. The summed E-state index contributed by atoms with van der Waals surface area (Å²) in [4.78, 5) is 0.0620. The van der Waals surface area contributed by atoms with Crippen LogP contribution in [-0.4, -0.2) is 29.0 Å². The van der Waals surface area contributed by atoms with Crippen LogP contribution in [-0.2, 0) is 10.0 Å². The van der Waals surface area contributed by atoms with Crippen molar-refractivity contribution in [2.24, 2.45) is 5.14 Å². The van der Waals surface area contributed by atoms with Gasteiger partial charge in [0, 0.05) is 5.56 Å². The first-order valence-corrected chi connectivity index (χ1v) is 8.51. The van der Waals surface area contributed by atoms with Gasteiger partial charge in [0.05, 0.1) is 4.90 Å². The molecule has 1 aromatic carbocycles. The van der Waals surface area contributed by atoms with Crippen LogP contribution in [0.1, 0.15) is 43.6 Å². The minimum absolute atomic E-state index is 0.0620. The fourth-order valence-electron chi connectivity index (χ4n) is 3.05. The number of aromatic nitrogens is 4. The van der Waals surface area contributed by atoms with E-state index in [1.165, 1.54) is 12.5 Å². The van der Waals surface area contributed by atoms with E-state index in [1.54, 1.807) is 6.07 Å². The summed E-state index contributed by atoms with van der Waals surface area (Å²) in [5, 5.41) is 19.2. The van der Waals surface area contributed by atoms with Crippen molar-refractivity contribution >= 4 is 10.0 Å². The maximum Gasteiger partial charge on any atom is 0.238 e. The van der Waals surface area contributed by atoms with Crippen LogP contribution in [0.25, 0.3) is 11.4 Å². The number of tetrazole rings is 1. The molecule has 1 aliphatic carbocycles. The van der Waals surface area contributed by atoms with Gasteiger partial charge in [-0.05, 0) is 35.6 Å². The topological polar surface area (TPSA) is 115 Å². The standard InChI is InChI=1S/C13H17N5O2S/c14-21(19,20)11-8-4-7-10(9-5-2-1-3-6-9)12(11)13-15-17-18-16-13/h4,7-9H,1-3,5-6H2,(H2,14,19,20)(H,15,16,17,18). The number of nitrogens with zero attached hydrogens (tertiary/aromatic N) is 3. The van der Waals surface area contributed by atoms with Gasteiger partial charge in [-0.25, -0.2) is 13.6 Å². The van der Waals surface area contributed by atoms with E-state index >= 15 is 0 Å². The highest BCUT2D eigenvalue weighted by Crippen LogP contribution is 2.39. The van der Waals surface area contributed by atoms with Gasteiger partial charge in [-0.15, -0.1) is 10.2 Å². The molecule has 0 bridgehead atoms. The molecule has 0 radical (unpaired) electrons. The Labute approximate surface area is 123 Å². The van der Waals surface area contributed by atoms with Gasteiger partial charge >= 0.3 is 0 Å². The number of H-pyrrole nitrogens is 1. The lowest BCUT2D eigenvalue weighted by molar-refractivity contribution is 0.443. The van der Waals surface area contributed by atoms with Gasteiger partial charge in [-0.3, -0.25) is 0 Å². The molecule has 0 unspecified atom stereocenters. The van der Waals surface area contributed by atoms with Crippen molar-refractivity contribution < 1.29 is 8.42 Å². The molecule has 1 saturated carbocycles. The normalized spacial score (nSPS) is 17.0. The summed E-state index contributed by atoms with van der Waals surface area (Å²) in [6, 6.07) is 5.16. The van der Waals surface area contributed by atoms with Gasteiger partial charge in [-0.1, -0.05) is 31.4 Å². The molecule has 1 fully saturated rings. The molecule has 8 heteroatoms. The quantitative estimate of drug-likeness (QED) is 0.893. The molecule has 0 amide bonds. The monoisotopic (exact) mass is 307 g/mol. The van der Waals surface area contributed by atoms with E-state index in [0.29, 0.717) is 11.5 Å². The summed E-state index contributed by atoms with van der Waals surface area (Å²) in [5.41, 5.74) is 1.43. The number of sulfonamides is 1. The molecule has 21 heavy (non-hydrogen) atoms. The first kappa shape index (κ1) is 14.2. The molecule has 112 valence electrons. The fraction of sp³-hybridized carbons (Fsp3) is 0.462. The van der Waals surface area contributed by atoms with Crippen molar-refractivity contribution in [3.63, 3.8) is 0 Å². The summed E-state index contributed by atoms with van der Waals surface area (Å²) < 4.78 is 23.8. The minimum atomic E-state index is -3.84. The molecular weight excluding hydrogens is 290 g/mol. The van der Waals surface area contributed by atoms with Gasteiger partial charge in [-0.2, -0.15) is 5.21 Å². The molecule has 3 rings (SSSR count). The number of hydrogen-bond donors (Lipinski definition) is 2. The minimum Gasteiger partial charge on any atom is -0.225 e. The van der Waals surface area contributed by atoms with Gasteiger partial charge in [0.2, 0.25) is 15.8 Å². The lowest BCUT2D eigenvalue weighted by atomic mass is 9.82. The maximum absolute atomic E-state index is 11.9. The number of primary sulfonamides is 1. The molecule has 0 saturated heterocycles. The van der Waals surface area contributed by atoms with Crippen LogP contribution in [0.4, 0.5) is 0 Å². The van der Waals surface area contributed by atoms with Gasteiger partial charge < -0.3 is 0 Å². The maximum atomic E-state index is 11.9. The van der Waals surface area contributed by atoms with E-state index in [9.17, 15) is 8.42 Å². The van der Waals surface area contributed by atoms with Gasteiger partial charge in [0.1, 0.15) is 0 Å². The van der Waals surface area contributed by atoms with E-state index in [1.807, 2.05) is 6.07 Å². The van der Waals surface area contributed by atoms with Crippen molar-refractivity contribution in [3.05, 3.63) is 23.8 Å². The average Bonchev–Trinajstić information content (AvgIpc) is 3.00. The second kappa shape index (κ2) is 5.53. The third kappa shape index (κ3) is 2.81. The lowest BCUT2D eigenvalue weighted by Crippen LogP contribution is -2.16. The molecule has 0 atom stereocenters. The summed E-state index contributed by atoms with van der Waals surface area (Å²) in [7, 11) is -3.84. The highest BCUT2D eigenvalue weighted by atomic mass is 32.2. The van der Waals surface area contributed by atoms with Crippen molar-refractivity contribution in [2.75, 3.05) is 0 Å². The zero-order valence-corrected chi connectivity index (χ0v) is 12.3. The SMILES string of the molecule is NS(=O)(=O)c1cccc(C2CCCCC2)c1-c1nn[nH]n1. The van der Waals surface area contributed by atoms with Gasteiger partial charge in [0.15, 0.2) is 0 Å². The molecule has 1 aliphatic rings. The molecule has 0 spiro atoms. The van der Waals surface area contributed by atoms with Crippen molar-refractivity contribution in [1.82, 2.24) is 20.6 Å². The first-order chi connectivity index (χ1) is 10.1. The molecule has 0 aliphatic heterocycles. The summed E-state index contributed by atoms with van der Waals surface area (Å²) in [5.74, 6) is 0.592. The summed E-state index contributed by atoms with van der Waals surface area (Å²) in [6.45, 7) is 0. The Morgan fingerprint density at radius 2 is 1.95 bits per heavy atom. The van der Waals surface area contributed by atoms with Crippen molar-refractivity contribution in [3.8, 4) is 11.4 Å². The fourth-order valence-corrected chi connectivity index (χ4v) is 3.81. The van der Waals surface area contributed by atoms with Crippen molar-refractivity contribution in [1.29, 1.82) is 0 Å².